The Labute approximate surface area is 32.0 Å². The van der Waals surface area contributed by atoms with Gasteiger partial charge in [-0.15, -0.1) is 0 Å². The molecule has 0 atom stereocenters. The quantitative estimate of drug-likeness (QED) is 0.408. The summed E-state index contributed by atoms with van der Waals surface area (Å²) in [6.07, 6.45) is 0. The summed E-state index contributed by atoms with van der Waals surface area (Å²) in [4.78, 5) is 0. The van der Waals surface area contributed by atoms with Crippen molar-refractivity contribution in [1.29, 1.82) is 0 Å². The average Bonchev–Trinajstić information content (AvgIpc) is 1.37. The summed E-state index contributed by atoms with van der Waals surface area (Å²) in [5.41, 5.74) is 0. The van der Waals surface area contributed by atoms with Gasteiger partial charge in [-0.1, -0.05) is 0 Å². The number of hydrogen-bond donors (Lipinski definition) is 0. The Morgan fingerprint density at radius 2 is 2.25 bits per heavy atom. The van der Waals surface area contributed by atoms with Crippen molar-refractivity contribution >= 4 is 20.1 Å². The molecule has 4 heavy (non-hydrogen) atoms. The second kappa shape index (κ2) is 3.39. The molecule has 0 aliphatic carbocycles. The molecule has 0 amide bonds. The van der Waals surface area contributed by atoms with E-state index in [0.29, 0.717) is 0 Å². The summed E-state index contributed by atoms with van der Waals surface area (Å²) in [7, 11) is 0.889. The van der Waals surface area contributed by atoms with E-state index < -0.39 is 0 Å². The van der Waals surface area contributed by atoms with Gasteiger partial charge in [-0.05, 0) is 6.66 Å². The summed E-state index contributed by atoms with van der Waals surface area (Å²) >= 11 is 4.80. The SMILES string of the molecule is CP=NCl. The van der Waals surface area contributed by atoms with E-state index in [1.165, 1.54) is 0 Å². The fourth-order valence-electron chi connectivity index (χ4n) is 0. The van der Waals surface area contributed by atoms with Crippen LogP contribution in [0.25, 0.3) is 0 Å². The maximum absolute atomic E-state index is 4.80. The summed E-state index contributed by atoms with van der Waals surface area (Å²) < 4.78 is 3.18. The molecule has 0 aliphatic heterocycles. The largest absolute Gasteiger partial charge is 0.162 e. The minimum Gasteiger partial charge on any atom is -0.162 e. The maximum atomic E-state index is 4.80. The van der Waals surface area contributed by atoms with Crippen molar-refractivity contribution < 1.29 is 0 Å². The van der Waals surface area contributed by atoms with E-state index in [0.717, 1.165) is 8.37 Å². The highest BCUT2D eigenvalue weighted by Crippen LogP contribution is 1.90. The van der Waals surface area contributed by atoms with Crippen LogP contribution in [0.1, 0.15) is 0 Å². The van der Waals surface area contributed by atoms with Crippen LogP contribution in [0.4, 0.5) is 0 Å². The first-order chi connectivity index (χ1) is 1.91. The van der Waals surface area contributed by atoms with Crippen LogP contribution in [-0.4, -0.2) is 6.66 Å². The van der Waals surface area contributed by atoms with Crippen molar-refractivity contribution in [2.24, 2.45) is 4.26 Å². The van der Waals surface area contributed by atoms with Crippen molar-refractivity contribution in [3.05, 3.63) is 0 Å². The van der Waals surface area contributed by atoms with Crippen molar-refractivity contribution in [1.82, 2.24) is 0 Å². The molecule has 0 aromatic rings. The minimum absolute atomic E-state index is 0.889. The molecule has 0 bridgehead atoms. The third-order valence-electron chi connectivity index (χ3n) is 0.0756. The van der Waals surface area contributed by atoms with Crippen LogP contribution in [0, 0.1) is 0 Å². The molecular weight excluding hydrogens is 92.4 g/mol. The van der Waals surface area contributed by atoms with E-state index in [2.05, 4.69) is 4.26 Å². The summed E-state index contributed by atoms with van der Waals surface area (Å²) in [6, 6.07) is 0. The number of rotatable bonds is 0. The van der Waals surface area contributed by atoms with E-state index in [1.807, 2.05) is 6.66 Å². The van der Waals surface area contributed by atoms with Crippen LogP contribution in [-0.2, 0) is 0 Å². The summed E-state index contributed by atoms with van der Waals surface area (Å²) in [5, 5.41) is 0. The number of halogens is 1. The van der Waals surface area contributed by atoms with Gasteiger partial charge in [0.25, 0.3) is 0 Å². The smallest absolute Gasteiger partial charge is 0.0408 e. The third kappa shape index (κ3) is 2.39. The molecule has 0 unspecified atom stereocenters. The molecule has 24 valence electrons. The van der Waals surface area contributed by atoms with Gasteiger partial charge < -0.3 is 0 Å². The summed E-state index contributed by atoms with van der Waals surface area (Å²) in [6.45, 7) is 1.85. The highest BCUT2D eigenvalue weighted by molar-refractivity contribution is 7.26. The lowest BCUT2D eigenvalue weighted by Gasteiger charge is -1.46. The van der Waals surface area contributed by atoms with Crippen molar-refractivity contribution in [3.8, 4) is 0 Å². The molecule has 0 rings (SSSR count). The molecule has 0 radical (unpaired) electrons. The first-order valence-electron chi connectivity index (χ1n) is 0.816. The Kier molecular flexibility index (Phi) is 3.72. The first-order valence-corrected chi connectivity index (χ1v) is 2.45. The average molecular weight is 95.5 g/mol. The van der Waals surface area contributed by atoms with E-state index >= 15 is 0 Å². The highest BCUT2D eigenvalue weighted by atomic mass is 35.5. The monoisotopic (exact) mass is 95.0 g/mol. The highest BCUT2D eigenvalue weighted by Gasteiger charge is 1.38. The zero-order valence-corrected chi connectivity index (χ0v) is 3.92. The molecule has 0 saturated heterocycles. The minimum atomic E-state index is 0.889. The molecule has 0 N–H and O–H groups in total. The third-order valence-corrected chi connectivity index (χ3v) is 0.680. The summed E-state index contributed by atoms with van der Waals surface area (Å²) in [5.74, 6) is 0. The zero-order chi connectivity index (χ0) is 3.41. The zero-order valence-electron chi connectivity index (χ0n) is 2.27. The van der Waals surface area contributed by atoms with Crippen LogP contribution in [0.15, 0.2) is 4.26 Å². The molecule has 0 fully saturated rings. The van der Waals surface area contributed by atoms with Gasteiger partial charge in [0.15, 0.2) is 0 Å². The number of hydrogen-bond acceptors (Lipinski definition) is 1. The van der Waals surface area contributed by atoms with Gasteiger partial charge in [0, 0.05) is 20.1 Å². The second-order valence-corrected chi connectivity index (χ2v) is 1.28. The van der Waals surface area contributed by atoms with Crippen LogP contribution < -0.4 is 0 Å². The lowest BCUT2D eigenvalue weighted by atomic mass is 12.0. The van der Waals surface area contributed by atoms with E-state index in [4.69, 9.17) is 11.8 Å². The molecule has 1 nitrogen and oxygen atoms in total. The molecule has 0 heterocycles. The molecule has 3 heteroatoms. The van der Waals surface area contributed by atoms with Gasteiger partial charge in [0.1, 0.15) is 0 Å². The standard InChI is InChI=1S/CH3ClNP/c1-4-3-2/h1H3. The van der Waals surface area contributed by atoms with E-state index in [-0.39, 0.29) is 0 Å². The molecule has 0 aromatic carbocycles. The van der Waals surface area contributed by atoms with Crippen molar-refractivity contribution in [2.75, 3.05) is 6.66 Å². The normalized spacial score (nSPS) is 9.50. The van der Waals surface area contributed by atoms with Crippen LogP contribution >= 0.6 is 20.1 Å². The fraction of sp³-hybridized carbons (Fsp3) is 1.00. The second-order valence-electron chi connectivity index (χ2n) is 0.276. The van der Waals surface area contributed by atoms with Gasteiger partial charge >= 0.3 is 0 Å². The van der Waals surface area contributed by atoms with E-state index in [9.17, 15) is 0 Å². The Balaban J connectivity index is 2.55. The molecule has 0 saturated carbocycles. The van der Waals surface area contributed by atoms with Gasteiger partial charge in [0.05, 0.1) is 0 Å². The van der Waals surface area contributed by atoms with Crippen LogP contribution in [0.2, 0.25) is 0 Å². The molecule has 0 aromatic heterocycles. The van der Waals surface area contributed by atoms with Gasteiger partial charge in [-0.2, -0.15) is 4.26 Å². The Hall–Kier alpha value is 0.390. The van der Waals surface area contributed by atoms with Gasteiger partial charge in [-0.3, -0.25) is 0 Å². The lowest BCUT2D eigenvalue weighted by Crippen LogP contribution is -1.06. The Morgan fingerprint density at radius 3 is 2.25 bits per heavy atom. The lowest BCUT2D eigenvalue weighted by molar-refractivity contribution is 2.03. The first kappa shape index (κ1) is 4.39. The van der Waals surface area contributed by atoms with Crippen molar-refractivity contribution in [3.63, 3.8) is 0 Å². The number of nitrogens with zero attached hydrogens (tertiary/aromatic N) is 1. The van der Waals surface area contributed by atoms with Gasteiger partial charge in [0.2, 0.25) is 0 Å². The predicted octanol–water partition coefficient (Wildman–Crippen LogP) is 1.90. The van der Waals surface area contributed by atoms with Crippen molar-refractivity contribution in [2.45, 2.75) is 0 Å². The van der Waals surface area contributed by atoms with Crippen LogP contribution in [0.5, 0.6) is 0 Å². The van der Waals surface area contributed by atoms with E-state index in [1.54, 1.807) is 0 Å². The Bertz CT molecular complexity index is 23.2. The van der Waals surface area contributed by atoms with Gasteiger partial charge in [-0.25, -0.2) is 0 Å². The Morgan fingerprint density at radius 1 is 2.00 bits per heavy atom. The molecule has 0 spiro atoms. The fourth-order valence-corrected chi connectivity index (χ4v) is 0. The topological polar surface area (TPSA) is 12.4 Å². The predicted molar refractivity (Wildman–Crippen MR) is 21.1 cm³/mol. The molecular formula is CH3ClNP. The molecule has 0 aliphatic rings. The van der Waals surface area contributed by atoms with Crippen LogP contribution in [0.3, 0.4) is 0 Å². The maximum Gasteiger partial charge on any atom is 0.0408 e.